The fourth-order valence-electron chi connectivity index (χ4n) is 3.51. The molecule has 3 heteroatoms. The van der Waals surface area contributed by atoms with Crippen molar-refractivity contribution in [1.29, 1.82) is 0 Å². The first-order valence-corrected chi connectivity index (χ1v) is 7.41. The molecule has 0 amide bonds. The summed E-state index contributed by atoms with van der Waals surface area (Å²) < 4.78 is 0. The second kappa shape index (κ2) is 5.84. The van der Waals surface area contributed by atoms with Gasteiger partial charge in [0.25, 0.3) is 0 Å². The molecular formula is C18H22O3. The Balaban J connectivity index is 2.57. The van der Waals surface area contributed by atoms with E-state index in [9.17, 15) is 14.7 Å². The number of carbonyl (C=O) groups excluding carboxylic acids is 2. The lowest BCUT2D eigenvalue weighted by Gasteiger charge is -2.25. The third-order valence-corrected chi connectivity index (χ3v) is 4.27. The van der Waals surface area contributed by atoms with E-state index in [0.717, 1.165) is 27.8 Å². The summed E-state index contributed by atoms with van der Waals surface area (Å²) in [6.45, 7) is 7.78. The Kier molecular flexibility index (Phi) is 4.31. The lowest BCUT2D eigenvalue weighted by molar-refractivity contribution is -0.115. The largest absolute Gasteiger partial charge is 0.512 e. The molecule has 1 atom stereocenters. The maximum atomic E-state index is 12.2. The van der Waals surface area contributed by atoms with Crippen LogP contribution in [0.5, 0.6) is 0 Å². The van der Waals surface area contributed by atoms with Gasteiger partial charge in [-0.15, -0.1) is 0 Å². The van der Waals surface area contributed by atoms with Crippen molar-refractivity contribution >= 4 is 11.6 Å². The van der Waals surface area contributed by atoms with E-state index in [-0.39, 0.29) is 23.2 Å². The zero-order chi connectivity index (χ0) is 15.7. The van der Waals surface area contributed by atoms with Crippen LogP contribution in [0.25, 0.3) is 0 Å². The fourth-order valence-corrected chi connectivity index (χ4v) is 3.51. The molecule has 0 unspecified atom stereocenters. The molecule has 1 aromatic carbocycles. The van der Waals surface area contributed by atoms with E-state index in [1.165, 1.54) is 6.08 Å². The van der Waals surface area contributed by atoms with Gasteiger partial charge in [-0.05, 0) is 48.9 Å². The molecule has 3 nitrogen and oxygen atoms in total. The number of allylic oxidation sites excluding steroid dienone is 2. The molecule has 0 saturated carbocycles. The molecule has 0 spiro atoms. The molecule has 0 fully saturated rings. The number of aryl methyl sites for hydroxylation is 2. The Morgan fingerprint density at radius 1 is 1.24 bits per heavy atom. The van der Waals surface area contributed by atoms with Gasteiger partial charge in [-0.2, -0.15) is 0 Å². The predicted molar refractivity (Wildman–Crippen MR) is 83.0 cm³/mol. The summed E-state index contributed by atoms with van der Waals surface area (Å²) in [5, 5.41) is 9.75. The number of carbonyl (C=O) groups is 2. The lowest BCUT2D eigenvalue weighted by atomic mass is 9.79. The first kappa shape index (κ1) is 15.5. The fraction of sp³-hybridized carbons (Fsp3) is 0.444. The predicted octanol–water partition coefficient (Wildman–Crippen LogP) is 4.09. The van der Waals surface area contributed by atoms with Gasteiger partial charge in [0, 0.05) is 30.9 Å². The number of aliphatic hydroxyl groups excluding tert-OH is 1. The molecule has 1 aromatic rings. The molecule has 0 saturated heterocycles. The van der Waals surface area contributed by atoms with Crippen molar-refractivity contribution in [2.24, 2.45) is 0 Å². The average Bonchev–Trinajstić information content (AvgIpc) is 2.36. The monoisotopic (exact) mass is 286 g/mol. The molecule has 1 N–H and O–H groups in total. The summed E-state index contributed by atoms with van der Waals surface area (Å²) in [6, 6.07) is 2.02. The Morgan fingerprint density at radius 2 is 1.90 bits per heavy atom. The van der Waals surface area contributed by atoms with Gasteiger partial charge < -0.3 is 5.11 Å². The highest BCUT2D eigenvalue weighted by Crippen LogP contribution is 2.36. The standard InChI is InChI=1S/C18H22O3/c1-5-16(21)18-11(3)6-10(2)17(12(18)4)13-7-14(19)9-15(20)8-13/h6,9,13,19H,5,7-8H2,1-4H3/t13-/m1/s1. The van der Waals surface area contributed by atoms with Crippen LogP contribution in [-0.4, -0.2) is 16.7 Å². The molecule has 2 rings (SSSR count). The number of rotatable bonds is 3. The molecule has 0 aliphatic heterocycles. The topological polar surface area (TPSA) is 54.4 Å². The Labute approximate surface area is 125 Å². The van der Waals surface area contributed by atoms with Crippen LogP contribution >= 0.6 is 0 Å². The van der Waals surface area contributed by atoms with E-state index in [1.807, 2.05) is 33.8 Å². The van der Waals surface area contributed by atoms with Crippen molar-refractivity contribution in [2.75, 3.05) is 0 Å². The average molecular weight is 286 g/mol. The van der Waals surface area contributed by atoms with Crippen LogP contribution in [0.15, 0.2) is 17.9 Å². The summed E-state index contributed by atoms with van der Waals surface area (Å²) in [5.41, 5.74) is 4.87. The Morgan fingerprint density at radius 3 is 2.48 bits per heavy atom. The zero-order valence-electron chi connectivity index (χ0n) is 13.1. The van der Waals surface area contributed by atoms with Crippen LogP contribution in [0.2, 0.25) is 0 Å². The van der Waals surface area contributed by atoms with Crippen LogP contribution in [0.1, 0.15) is 64.7 Å². The highest BCUT2D eigenvalue weighted by atomic mass is 16.3. The summed E-state index contributed by atoms with van der Waals surface area (Å²) in [6.07, 6.45) is 2.65. The van der Waals surface area contributed by atoms with Crippen LogP contribution < -0.4 is 0 Å². The maximum Gasteiger partial charge on any atom is 0.163 e. The van der Waals surface area contributed by atoms with Crippen molar-refractivity contribution in [3.63, 3.8) is 0 Å². The minimum absolute atomic E-state index is 0.0356. The molecule has 1 aliphatic rings. The van der Waals surface area contributed by atoms with Gasteiger partial charge >= 0.3 is 0 Å². The summed E-state index contributed by atoms with van der Waals surface area (Å²) in [7, 11) is 0. The van der Waals surface area contributed by atoms with E-state index in [0.29, 0.717) is 19.3 Å². The van der Waals surface area contributed by atoms with E-state index in [1.54, 1.807) is 0 Å². The first-order chi connectivity index (χ1) is 9.85. The molecule has 112 valence electrons. The number of Topliss-reactive ketones (excluding diaryl/α,β-unsaturated/α-hetero) is 1. The van der Waals surface area contributed by atoms with E-state index in [2.05, 4.69) is 0 Å². The van der Waals surface area contributed by atoms with Crippen molar-refractivity contribution in [2.45, 2.75) is 52.9 Å². The minimum Gasteiger partial charge on any atom is -0.512 e. The smallest absolute Gasteiger partial charge is 0.163 e. The second-order valence-corrected chi connectivity index (χ2v) is 5.91. The van der Waals surface area contributed by atoms with Gasteiger partial charge in [-0.3, -0.25) is 9.59 Å². The van der Waals surface area contributed by atoms with E-state index >= 15 is 0 Å². The van der Waals surface area contributed by atoms with Crippen molar-refractivity contribution in [3.8, 4) is 0 Å². The van der Waals surface area contributed by atoms with Crippen molar-refractivity contribution in [3.05, 3.63) is 45.7 Å². The summed E-state index contributed by atoms with van der Waals surface area (Å²) in [4.78, 5) is 23.9. The first-order valence-electron chi connectivity index (χ1n) is 7.41. The molecular weight excluding hydrogens is 264 g/mol. The number of aliphatic hydroxyl groups is 1. The van der Waals surface area contributed by atoms with Gasteiger partial charge in [0.05, 0.1) is 5.76 Å². The van der Waals surface area contributed by atoms with E-state index < -0.39 is 0 Å². The molecule has 0 aromatic heterocycles. The third-order valence-electron chi connectivity index (χ3n) is 4.27. The third kappa shape index (κ3) is 2.92. The number of ketones is 2. The Bertz CT molecular complexity index is 638. The van der Waals surface area contributed by atoms with Gasteiger partial charge in [-0.1, -0.05) is 13.0 Å². The summed E-state index contributed by atoms with van der Waals surface area (Å²) >= 11 is 0. The highest BCUT2D eigenvalue weighted by Gasteiger charge is 2.27. The second-order valence-electron chi connectivity index (χ2n) is 5.91. The maximum absolute atomic E-state index is 12.2. The highest BCUT2D eigenvalue weighted by molar-refractivity contribution is 5.99. The van der Waals surface area contributed by atoms with Crippen LogP contribution in [-0.2, 0) is 4.79 Å². The normalized spacial score (nSPS) is 18.6. The molecule has 21 heavy (non-hydrogen) atoms. The van der Waals surface area contributed by atoms with Crippen molar-refractivity contribution in [1.82, 2.24) is 0 Å². The van der Waals surface area contributed by atoms with Gasteiger partial charge in [0.15, 0.2) is 11.6 Å². The van der Waals surface area contributed by atoms with Crippen LogP contribution in [0, 0.1) is 20.8 Å². The van der Waals surface area contributed by atoms with Gasteiger partial charge in [0.2, 0.25) is 0 Å². The van der Waals surface area contributed by atoms with Crippen molar-refractivity contribution < 1.29 is 14.7 Å². The quantitative estimate of drug-likeness (QED) is 0.851. The SMILES string of the molecule is CCC(=O)c1c(C)cc(C)c([C@H]2CC(=O)C=C(O)C2)c1C. The van der Waals surface area contributed by atoms with Gasteiger partial charge in [0.1, 0.15) is 0 Å². The van der Waals surface area contributed by atoms with Gasteiger partial charge in [-0.25, -0.2) is 0 Å². The summed E-state index contributed by atoms with van der Waals surface area (Å²) in [5.74, 6) is 0.185. The van der Waals surface area contributed by atoms with E-state index in [4.69, 9.17) is 0 Å². The zero-order valence-corrected chi connectivity index (χ0v) is 13.1. The number of hydrogen-bond acceptors (Lipinski definition) is 3. The number of hydrogen-bond donors (Lipinski definition) is 1. The lowest BCUT2D eigenvalue weighted by Crippen LogP contribution is -2.17. The van der Waals surface area contributed by atoms with Crippen LogP contribution in [0.3, 0.4) is 0 Å². The molecule has 0 radical (unpaired) electrons. The molecule has 1 aliphatic carbocycles. The van der Waals surface area contributed by atoms with Crippen LogP contribution in [0.4, 0.5) is 0 Å². The molecule has 0 bridgehead atoms. The molecule has 0 heterocycles. The minimum atomic E-state index is -0.0495. The number of benzene rings is 1. The Hall–Kier alpha value is -1.90.